The highest BCUT2D eigenvalue weighted by atomic mass is 32.2. The highest BCUT2D eigenvalue weighted by Crippen LogP contribution is 2.52. The number of ether oxygens (including phenoxy) is 1. The fraction of sp³-hybridized carbons (Fsp3) is 0.286. The van der Waals surface area contributed by atoms with E-state index in [9.17, 15) is 14.7 Å². The Hall–Kier alpha value is -3.25. The Labute approximate surface area is 203 Å². The minimum absolute atomic E-state index is 0.0318. The van der Waals surface area contributed by atoms with E-state index < -0.39 is 0 Å². The standard InChI is InChI=1S/C28H27NO4S/c1-28(2)15-20-22(21(30)16-28)23(25(31)18-9-11-19(33-3)12-10-18)24(27-29(20)13-14-34-27)26(32)17-7-5-4-6-8-17/h4-12,31H,13-16H2,1-3H3. The summed E-state index contributed by atoms with van der Waals surface area (Å²) in [6.45, 7) is 4.93. The maximum atomic E-state index is 13.9. The fourth-order valence-electron chi connectivity index (χ4n) is 4.99. The molecule has 1 saturated heterocycles. The molecular weight excluding hydrogens is 446 g/mol. The number of carbonyl (C=O) groups excluding carboxylic acids is 2. The van der Waals surface area contributed by atoms with Crippen molar-refractivity contribution in [1.29, 1.82) is 0 Å². The number of nitrogens with zero attached hydrogens (tertiary/aromatic N) is 1. The van der Waals surface area contributed by atoms with Crippen LogP contribution in [0.3, 0.4) is 0 Å². The molecule has 2 aromatic carbocycles. The Bertz CT molecular complexity index is 1270. The van der Waals surface area contributed by atoms with Crippen LogP contribution in [0.25, 0.3) is 5.76 Å². The number of aliphatic hydroxyl groups is 1. The van der Waals surface area contributed by atoms with Gasteiger partial charge in [0, 0.05) is 46.7 Å². The molecule has 0 bridgehead atoms. The van der Waals surface area contributed by atoms with E-state index in [0.717, 1.165) is 23.0 Å². The molecule has 0 aromatic heterocycles. The van der Waals surface area contributed by atoms with Crippen molar-refractivity contribution in [2.75, 3.05) is 19.4 Å². The molecular formula is C28H27NO4S. The zero-order valence-corrected chi connectivity index (χ0v) is 20.4. The number of hydrogen-bond donors (Lipinski definition) is 1. The third-order valence-electron chi connectivity index (χ3n) is 6.55. The second-order valence-electron chi connectivity index (χ2n) is 9.59. The van der Waals surface area contributed by atoms with Crippen LogP contribution in [-0.2, 0) is 4.79 Å². The number of fused-ring (bicyclic) bond motifs is 2. The molecule has 5 nitrogen and oxygen atoms in total. The molecule has 0 saturated carbocycles. The van der Waals surface area contributed by atoms with Crippen LogP contribution < -0.4 is 4.74 Å². The van der Waals surface area contributed by atoms with Crippen molar-refractivity contribution in [3.63, 3.8) is 0 Å². The van der Waals surface area contributed by atoms with Gasteiger partial charge >= 0.3 is 0 Å². The van der Waals surface area contributed by atoms with Gasteiger partial charge in [0.15, 0.2) is 11.6 Å². The Balaban J connectivity index is 1.78. The van der Waals surface area contributed by atoms with Gasteiger partial charge in [-0.1, -0.05) is 44.2 Å². The van der Waals surface area contributed by atoms with E-state index in [-0.39, 0.29) is 22.7 Å². The zero-order chi connectivity index (χ0) is 24.0. The average Bonchev–Trinajstić information content (AvgIpc) is 3.32. The highest BCUT2D eigenvalue weighted by Gasteiger charge is 2.45. The molecule has 0 spiro atoms. The number of hydrogen-bond acceptors (Lipinski definition) is 6. The van der Waals surface area contributed by atoms with Crippen LogP contribution in [0.15, 0.2) is 82.0 Å². The summed E-state index contributed by atoms with van der Waals surface area (Å²) in [7, 11) is 1.58. The van der Waals surface area contributed by atoms with Crippen LogP contribution in [-0.4, -0.2) is 41.0 Å². The summed E-state index contributed by atoms with van der Waals surface area (Å²) >= 11 is 1.61. The van der Waals surface area contributed by atoms with E-state index in [1.165, 1.54) is 0 Å². The summed E-state index contributed by atoms with van der Waals surface area (Å²) in [6, 6.07) is 16.1. The summed E-state index contributed by atoms with van der Waals surface area (Å²) in [5, 5.41) is 12.4. The molecule has 6 heteroatoms. The topological polar surface area (TPSA) is 66.8 Å². The molecule has 1 N–H and O–H groups in total. The molecule has 2 aromatic rings. The van der Waals surface area contributed by atoms with Gasteiger partial charge in [-0.3, -0.25) is 9.59 Å². The molecule has 174 valence electrons. The smallest absolute Gasteiger partial charge is 0.196 e. The molecule has 0 atom stereocenters. The second-order valence-corrected chi connectivity index (χ2v) is 10.7. The first kappa shape index (κ1) is 22.5. The van der Waals surface area contributed by atoms with Crippen molar-refractivity contribution in [2.45, 2.75) is 26.7 Å². The lowest BCUT2D eigenvalue weighted by molar-refractivity contribution is -0.118. The molecule has 2 heterocycles. The number of Topliss-reactive ketones (excluding diaryl/α,β-unsaturated/α-hetero) is 2. The fourth-order valence-corrected chi connectivity index (χ4v) is 6.15. The maximum absolute atomic E-state index is 13.9. The predicted octanol–water partition coefficient (Wildman–Crippen LogP) is 5.76. The van der Waals surface area contributed by atoms with Crippen molar-refractivity contribution in [3.8, 4) is 5.75 Å². The predicted molar refractivity (Wildman–Crippen MR) is 135 cm³/mol. The van der Waals surface area contributed by atoms with E-state index >= 15 is 0 Å². The van der Waals surface area contributed by atoms with Crippen molar-refractivity contribution < 1.29 is 19.4 Å². The number of rotatable bonds is 4. The van der Waals surface area contributed by atoms with E-state index in [0.29, 0.717) is 46.4 Å². The molecule has 1 fully saturated rings. The summed E-state index contributed by atoms with van der Waals surface area (Å²) in [5.74, 6) is 1.21. The lowest BCUT2D eigenvalue weighted by Gasteiger charge is -2.41. The Morgan fingerprint density at radius 1 is 1.03 bits per heavy atom. The largest absolute Gasteiger partial charge is 0.507 e. The lowest BCUT2D eigenvalue weighted by Crippen LogP contribution is -2.37. The average molecular weight is 474 g/mol. The Morgan fingerprint density at radius 3 is 2.41 bits per heavy atom. The van der Waals surface area contributed by atoms with Crippen molar-refractivity contribution in [1.82, 2.24) is 4.90 Å². The number of allylic oxidation sites excluding steroid dienone is 4. The summed E-state index contributed by atoms with van der Waals surface area (Å²) in [4.78, 5) is 29.6. The molecule has 0 amide bonds. The minimum Gasteiger partial charge on any atom is -0.507 e. The third-order valence-corrected chi connectivity index (χ3v) is 7.64. The van der Waals surface area contributed by atoms with E-state index in [1.54, 1.807) is 55.3 Å². The van der Waals surface area contributed by atoms with Crippen molar-refractivity contribution in [3.05, 3.63) is 93.2 Å². The van der Waals surface area contributed by atoms with Crippen LogP contribution in [0, 0.1) is 5.41 Å². The molecule has 34 heavy (non-hydrogen) atoms. The molecule has 0 unspecified atom stereocenters. The van der Waals surface area contributed by atoms with Crippen LogP contribution >= 0.6 is 11.8 Å². The highest BCUT2D eigenvalue weighted by molar-refractivity contribution is 8.03. The molecule has 5 rings (SSSR count). The molecule has 2 aliphatic heterocycles. The number of thioether (sulfide) groups is 1. The van der Waals surface area contributed by atoms with Gasteiger partial charge in [-0.15, -0.1) is 11.8 Å². The summed E-state index contributed by atoms with van der Waals surface area (Å²) < 4.78 is 5.26. The van der Waals surface area contributed by atoms with E-state index in [2.05, 4.69) is 18.7 Å². The maximum Gasteiger partial charge on any atom is 0.196 e. The van der Waals surface area contributed by atoms with Gasteiger partial charge in [0.05, 0.1) is 17.7 Å². The van der Waals surface area contributed by atoms with Crippen molar-refractivity contribution >= 4 is 29.1 Å². The van der Waals surface area contributed by atoms with Gasteiger partial charge in [-0.05, 0) is 36.1 Å². The van der Waals surface area contributed by atoms with Crippen LogP contribution in [0.2, 0.25) is 0 Å². The number of benzene rings is 2. The Kier molecular flexibility index (Phi) is 5.64. The van der Waals surface area contributed by atoms with Gasteiger partial charge in [-0.25, -0.2) is 0 Å². The van der Waals surface area contributed by atoms with Gasteiger partial charge in [-0.2, -0.15) is 0 Å². The van der Waals surface area contributed by atoms with Gasteiger partial charge < -0.3 is 14.7 Å². The first-order chi connectivity index (χ1) is 16.3. The molecule has 0 radical (unpaired) electrons. The number of ketones is 2. The number of aliphatic hydroxyl groups excluding tert-OH is 1. The SMILES string of the molecule is COc1ccc(C(O)=C2C3=C(CC(C)(C)CC3=O)N3CCSC3=C2C(=O)c2ccccc2)cc1. The molecule has 1 aliphatic carbocycles. The number of methoxy groups -OCH3 is 1. The first-order valence-electron chi connectivity index (χ1n) is 11.4. The van der Waals surface area contributed by atoms with Crippen LogP contribution in [0.4, 0.5) is 0 Å². The normalized spacial score (nSPS) is 20.8. The van der Waals surface area contributed by atoms with Gasteiger partial charge in [0.25, 0.3) is 0 Å². The quantitative estimate of drug-likeness (QED) is 0.450. The minimum atomic E-state index is -0.186. The zero-order valence-electron chi connectivity index (χ0n) is 19.6. The molecule has 3 aliphatic rings. The van der Waals surface area contributed by atoms with Gasteiger partial charge in [0.2, 0.25) is 0 Å². The first-order valence-corrected chi connectivity index (χ1v) is 12.4. The summed E-state index contributed by atoms with van der Waals surface area (Å²) in [5.41, 5.74) is 3.06. The van der Waals surface area contributed by atoms with Gasteiger partial charge in [0.1, 0.15) is 11.5 Å². The van der Waals surface area contributed by atoms with Crippen LogP contribution in [0.5, 0.6) is 5.75 Å². The van der Waals surface area contributed by atoms with Crippen molar-refractivity contribution in [2.24, 2.45) is 5.41 Å². The second kappa shape index (κ2) is 8.51. The van der Waals surface area contributed by atoms with Crippen LogP contribution in [0.1, 0.15) is 42.6 Å². The third kappa shape index (κ3) is 3.76. The lowest BCUT2D eigenvalue weighted by atomic mass is 9.71. The van der Waals surface area contributed by atoms with E-state index in [1.807, 2.05) is 18.2 Å². The Morgan fingerprint density at radius 2 is 1.74 bits per heavy atom. The monoisotopic (exact) mass is 473 g/mol. The number of carbonyl (C=O) groups is 2. The summed E-state index contributed by atoms with van der Waals surface area (Å²) in [6.07, 6.45) is 1.08. The van der Waals surface area contributed by atoms with E-state index in [4.69, 9.17) is 4.74 Å².